The molecular formula is C18H40B. The third kappa shape index (κ3) is 102. The van der Waals surface area contributed by atoms with Crippen molar-refractivity contribution >= 4 is 8.41 Å². The van der Waals surface area contributed by atoms with Gasteiger partial charge in [0.15, 0.2) is 0 Å². The van der Waals surface area contributed by atoms with Crippen LogP contribution in [0.4, 0.5) is 0 Å². The van der Waals surface area contributed by atoms with E-state index < -0.39 is 0 Å². The lowest BCUT2D eigenvalue weighted by Gasteiger charge is -1.79. The number of allylic oxidation sites excluding steroid dienone is 6. The van der Waals surface area contributed by atoms with Crippen LogP contribution in [0.1, 0.15) is 70.7 Å². The molecule has 0 aromatic rings. The van der Waals surface area contributed by atoms with E-state index in [4.69, 9.17) is 0 Å². The summed E-state index contributed by atoms with van der Waals surface area (Å²) < 4.78 is 0. The zero-order valence-electron chi connectivity index (χ0n) is 13.9. The normalized spacial score (nSPS) is 10.4. The zero-order valence-corrected chi connectivity index (χ0v) is 13.9. The van der Waals surface area contributed by atoms with Crippen LogP contribution in [0.3, 0.4) is 0 Å². The molecule has 0 aliphatic heterocycles. The van der Waals surface area contributed by atoms with Crippen LogP contribution in [-0.4, -0.2) is 8.41 Å². The van der Waals surface area contributed by atoms with Crippen LogP contribution in [0.2, 0.25) is 0 Å². The fraction of sp³-hybridized carbons (Fsp3) is 0.667. The highest BCUT2D eigenvalue weighted by atomic mass is 13.8. The molecule has 115 valence electrons. The maximum atomic E-state index is 2.17. The van der Waals surface area contributed by atoms with Crippen LogP contribution in [-0.2, 0) is 0 Å². The average Bonchev–Trinajstić information content (AvgIpc) is 2.50. The van der Waals surface area contributed by atoms with E-state index in [-0.39, 0.29) is 17.3 Å². The lowest BCUT2D eigenvalue weighted by atomic mass is 10.3. The summed E-state index contributed by atoms with van der Waals surface area (Å²) in [6.07, 6.45) is 13.5. The summed E-state index contributed by atoms with van der Waals surface area (Å²) >= 11 is 0. The Morgan fingerprint density at radius 1 is 0.684 bits per heavy atom. The van der Waals surface area contributed by atoms with Gasteiger partial charge in [-0.1, -0.05) is 99.3 Å². The molecule has 19 heavy (non-hydrogen) atoms. The van der Waals surface area contributed by atoms with Crippen molar-refractivity contribution in [3.8, 4) is 0 Å². The summed E-state index contributed by atoms with van der Waals surface area (Å²) in [6, 6.07) is 0. The van der Waals surface area contributed by atoms with Gasteiger partial charge in [0.1, 0.15) is 0 Å². The molecule has 0 nitrogen and oxygen atoms in total. The minimum Gasteiger partial charge on any atom is -0.0807 e. The molecule has 0 heterocycles. The first-order valence-corrected chi connectivity index (χ1v) is 6.95. The predicted octanol–water partition coefficient (Wildman–Crippen LogP) is 6.91. The minimum absolute atomic E-state index is 0. The Kier molecular flexibility index (Phi) is 49.5. The molecule has 0 aromatic heterocycles. The van der Waals surface area contributed by atoms with Crippen LogP contribution >= 0.6 is 0 Å². The molecule has 1 aliphatic carbocycles. The molecule has 0 aromatic carbocycles. The molecule has 0 spiro atoms. The van der Waals surface area contributed by atoms with Crippen LogP contribution in [0.25, 0.3) is 0 Å². The summed E-state index contributed by atoms with van der Waals surface area (Å²) in [5.41, 5.74) is 0. The first kappa shape index (κ1) is 31.0. The summed E-state index contributed by atoms with van der Waals surface area (Å²) in [5, 5.41) is 0. The molecule has 0 fully saturated rings. The molecule has 3 radical (unpaired) electrons. The van der Waals surface area contributed by atoms with E-state index in [9.17, 15) is 0 Å². The molecule has 1 aliphatic rings. The maximum absolute atomic E-state index is 2.17. The third-order valence-corrected chi connectivity index (χ3v) is 0.878. The molecule has 0 atom stereocenters. The van der Waals surface area contributed by atoms with Crippen LogP contribution in [0, 0.1) is 11.8 Å². The second-order valence-corrected chi connectivity index (χ2v) is 4.94. The highest BCUT2D eigenvalue weighted by molar-refractivity contribution is 5.75. The van der Waals surface area contributed by atoms with Gasteiger partial charge in [-0.05, 0) is 18.3 Å². The van der Waals surface area contributed by atoms with Crippen molar-refractivity contribution < 1.29 is 1.43 Å². The van der Waals surface area contributed by atoms with Crippen LogP contribution < -0.4 is 0 Å². The average molecular weight is 268 g/mol. The fourth-order valence-electron chi connectivity index (χ4n) is 0.521. The molecule has 1 rings (SSSR count). The Labute approximate surface area is 128 Å². The smallest absolute Gasteiger partial charge is 0 e. The Morgan fingerprint density at radius 2 is 0.895 bits per heavy atom. The number of hydrogen-bond acceptors (Lipinski definition) is 0. The van der Waals surface area contributed by atoms with Crippen LogP contribution in [0.5, 0.6) is 0 Å². The van der Waals surface area contributed by atoms with Crippen molar-refractivity contribution in [3.05, 3.63) is 36.5 Å². The van der Waals surface area contributed by atoms with E-state index in [0.29, 0.717) is 0 Å². The van der Waals surface area contributed by atoms with E-state index in [0.717, 1.165) is 18.3 Å². The van der Waals surface area contributed by atoms with Gasteiger partial charge in [0, 0.05) is 9.84 Å². The number of rotatable bonds is 0. The first-order valence-electron chi connectivity index (χ1n) is 6.95. The largest absolute Gasteiger partial charge is 0.0807 e. The van der Waals surface area contributed by atoms with Crippen molar-refractivity contribution in [1.29, 1.82) is 0 Å². The van der Waals surface area contributed by atoms with Gasteiger partial charge in [-0.15, -0.1) is 0 Å². The van der Waals surface area contributed by atoms with Gasteiger partial charge in [0.05, 0.1) is 0 Å². The van der Waals surface area contributed by atoms with Gasteiger partial charge in [0.2, 0.25) is 0 Å². The molecule has 0 saturated heterocycles. The highest BCUT2D eigenvalue weighted by Gasteiger charge is 1.70. The molecular weight excluding hydrogens is 227 g/mol. The Morgan fingerprint density at radius 3 is 1.11 bits per heavy atom. The molecule has 0 bridgehead atoms. The molecule has 0 saturated carbocycles. The topological polar surface area (TPSA) is 0 Å². The highest BCUT2D eigenvalue weighted by Crippen LogP contribution is 1.92. The van der Waals surface area contributed by atoms with Crippen LogP contribution in [0.15, 0.2) is 36.5 Å². The summed E-state index contributed by atoms with van der Waals surface area (Å²) in [6.45, 7) is 17.0. The summed E-state index contributed by atoms with van der Waals surface area (Å²) in [5.74, 6) is 1.67. The van der Waals surface area contributed by atoms with Gasteiger partial charge in [-0.25, -0.2) is 0 Å². The van der Waals surface area contributed by atoms with Crippen molar-refractivity contribution in [1.82, 2.24) is 0 Å². The van der Waals surface area contributed by atoms with E-state index in [1.165, 1.54) is 0 Å². The van der Waals surface area contributed by atoms with Crippen molar-refractivity contribution in [3.63, 3.8) is 0 Å². The van der Waals surface area contributed by atoms with Gasteiger partial charge < -0.3 is 0 Å². The maximum Gasteiger partial charge on any atom is 0 e. The van der Waals surface area contributed by atoms with E-state index in [2.05, 4.69) is 65.8 Å². The molecule has 0 N–H and O–H groups in total. The summed E-state index contributed by atoms with van der Waals surface area (Å²) in [7, 11) is 0. The standard InChI is InChI=1S/C7H8.2C4H10.C2H6.CH4.B.H2/c1-2-4-6-7-5-3-1;2*1-4(2)3;1-2;;;/h1-6H,7H2;2*4H,1-3H3;1-2H3;1H4;;1H/i;;;;;;1+1. The lowest BCUT2D eigenvalue weighted by molar-refractivity contribution is 0.736. The van der Waals surface area contributed by atoms with Gasteiger partial charge in [0.25, 0.3) is 0 Å². The predicted molar refractivity (Wildman–Crippen MR) is 99.0 cm³/mol. The van der Waals surface area contributed by atoms with E-state index >= 15 is 0 Å². The Hall–Kier alpha value is -0.715. The fourth-order valence-corrected chi connectivity index (χ4v) is 0.521. The first-order chi connectivity index (χ1) is 7.96. The third-order valence-electron chi connectivity index (χ3n) is 0.878. The summed E-state index contributed by atoms with van der Waals surface area (Å²) in [4.78, 5) is 0. The molecule has 0 amide bonds. The van der Waals surface area contributed by atoms with Gasteiger partial charge in [-0.2, -0.15) is 0 Å². The SMILES string of the molecule is C.C1=CC=CCC=C1.CC.CC(C)C.CC(C)C.[2HH].[B]. The van der Waals surface area contributed by atoms with E-state index in [1.54, 1.807) is 0 Å². The van der Waals surface area contributed by atoms with Crippen molar-refractivity contribution in [2.45, 2.75) is 69.2 Å². The molecule has 0 unspecified atom stereocenters. The van der Waals surface area contributed by atoms with Gasteiger partial charge >= 0.3 is 0 Å². The zero-order chi connectivity index (χ0) is 14.1. The minimum atomic E-state index is 0. The second kappa shape index (κ2) is 30.4. The Balaban J connectivity index is -0.0000000339. The van der Waals surface area contributed by atoms with E-state index in [1.807, 2.05) is 26.0 Å². The monoisotopic (exact) mass is 268 g/mol. The lowest BCUT2D eigenvalue weighted by Crippen LogP contribution is -1.66. The van der Waals surface area contributed by atoms with Crippen molar-refractivity contribution in [2.75, 3.05) is 0 Å². The quantitative estimate of drug-likeness (QED) is 0.419. The van der Waals surface area contributed by atoms with Gasteiger partial charge in [-0.3, -0.25) is 0 Å². The van der Waals surface area contributed by atoms with Crippen molar-refractivity contribution in [2.24, 2.45) is 11.8 Å². The second-order valence-electron chi connectivity index (χ2n) is 4.94. The molecule has 1 heteroatoms. The number of hydrogen-bond donors (Lipinski definition) is 0. The Bertz CT molecular complexity index is 166.